The number of aryl methyl sites for hydroxylation is 2. The molecule has 0 spiro atoms. The molecule has 0 saturated carbocycles. The first-order valence-corrected chi connectivity index (χ1v) is 12.7. The molecule has 0 radical (unpaired) electrons. The third-order valence-corrected chi connectivity index (χ3v) is 7.45. The highest BCUT2D eigenvalue weighted by atomic mass is 16.5. The summed E-state index contributed by atoms with van der Waals surface area (Å²) in [5.41, 5.74) is 4.83. The number of carbonyl (C=O) groups excluding carboxylic acids is 1. The van der Waals surface area contributed by atoms with Gasteiger partial charge in [-0.1, -0.05) is 6.07 Å². The van der Waals surface area contributed by atoms with Crippen molar-refractivity contribution in [3.63, 3.8) is 0 Å². The van der Waals surface area contributed by atoms with Gasteiger partial charge < -0.3 is 14.6 Å². The maximum absolute atomic E-state index is 13.3. The Balaban J connectivity index is 1.48. The van der Waals surface area contributed by atoms with Crippen molar-refractivity contribution in [1.29, 1.82) is 0 Å². The SMILES string of the molecule is CCn1c(-c2cnc(C)nc2)nc2c(-c3ccc4c(c3)C(C)(N3CC(C)OC(C)C3)C(=O)N4)ncnc21. The zero-order valence-corrected chi connectivity index (χ0v) is 21.7. The lowest BCUT2D eigenvalue weighted by Crippen LogP contribution is -2.57. The zero-order chi connectivity index (χ0) is 25.9. The molecule has 1 saturated heterocycles. The summed E-state index contributed by atoms with van der Waals surface area (Å²) in [7, 11) is 0. The van der Waals surface area contributed by atoms with Gasteiger partial charge in [0.1, 0.15) is 34.7 Å². The standard InChI is InChI=1S/C27H30N8O2/c1-6-35-24(19-10-28-17(4)29-11-19)33-23-22(30-14-31-25(23)35)18-7-8-21-20(9-18)27(5,26(36)32-21)34-12-15(2)37-16(3)13-34/h7-11,14-16H,6,12-13H2,1-5H3,(H,32,36). The number of rotatable bonds is 4. The van der Waals surface area contributed by atoms with Crippen LogP contribution in [-0.2, 0) is 21.6 Å². The van der Waals surface area contributed by atoms with Gasteiger partial charge in [-0.2, -0.15) is 0 Å². The molecule has 5 heterocycles. The van der Waals surface area contributed by atoms with Gasteiger partial charge >= 0.3 is 0 Å². The largest absolute Gasteiger partial charge is 0.373 e. The number of imidazole rings is 1. The maximum atomic E-state index is 13.3. The molecular formula is C27H30N8O2. The second kappa shape index (κ2) is 8.67. The molecule has 37 heavy (non-hydrogen) atoms. The van der Waals surface area contributed by atoms with Gasteiger partial charge in [-0.15, -0.1) is 0 Å². The van der Waals surface area contributed by atoms with E-state index in [1.807, 2.05) is 30.5 Å². The monoisotopic (exact) mass is 498 g/mol. The number of carbonyl (C=O) groups is 1. The molecular weight excluding hydrogens is 468 g/mol. The molecule has 6 rings (SSSR count). The van der Waals surface area contributed by atoms with E-state index in [9.17, 15) is 4.79 Å². The maximum Gasteiger partial charge on any atom is 0.249 e. The normalized spacial score (nSPS) is 23.9. The van der Waals surface area contributed by atoms with Crippen LogP contribution < -0.4 is 5.32 Å². The van der Waals surface area contributed by atoms with Crippen LogP contribution in [0.25, 0.3) is 33.8 Å². The lowest BCUT2D eigenvalue weighted by atomic mass is 9.88. The predicted molar refractivity (Wildman–Crippen MR) is 140 cm³/mol. The van der Waals surface area contributed by atoms with Crippen LogP contribution in [0.4, 0.5) is 5.69 Å². The van der Waals surface area contributed by atoms with E-state index in [4.69, 9.17) is 9.72 Å². The summed E-state index contributed by atoms with van der Waals surface area (Å²) in [4.78, 5) is 38.4. The van der Waals surface area contributed by atoms with E-state index >= 15 is 0 Å². The Morgan fingerprint density at radius 1 is 1.08 bits per heavy atom. The highest BCUT2D eigenvalue weighted by Gasteiger charge is 2.49. The number of fused-ring (bicyclic) bond motifs is 2. The second-order valence-corrected chi connectivity index (χ2v) is 10.0. The van der Waals surface area contributed by atoms with E-state index in [0.29, 0.717) is 31.0 Å². The molecule has 10 nitrogen and oxygen atoms in total. The Morgan fingerprint density at radius 3 is 2.51 bits per heavy atom. The van der Waals surface area contributed by atoms with Crippen LogP contribution in [0.1, 0.15) is 39.1 Å². The molecule has 190 valence electrons. The number of hydrogen-bond donors (Lipinski definition) is 1. The number of morpholine rings is 1. The average molecular weight is 499 g/mol. The van der Waals surface area contributed by atoms with E-state index in [1.54, 1.807) is 18.7 Å². The average Bonchev–Trinajstić information content (AvgIpc) is 3.38. The van der Waals surface area contributed by atoms with E-state index < -0.39 is 5.54 Å². The summed E-state index contributed by atoms with van der Waals surface area (Å²) in [6, 6.07) is 6.01. The molecule has 1 fully saturated rings. The molecule has 2 aliphatic rings. The van der Waals surface area contributed by atoms with E-state index in [0.717, 1.165) is 39.5 Å². The van der Waals surface area contributed by atoms with Crippen LogP contribution in [0.2, 0.25) is 0 Å². The van der Waals surface area contributed by atoms with Crippen molar-refractivity contribution in [1.82, 2.24) is 34.4 Å². The first kappa shape index (κ1) is 23.6. The van der Waals surface area contributed by atoms with Gasteiger partial charge in [0.25, 0.3) is 0 Å². The first-order valence-electron chi connectivity index (χ1n) is 12.7. The van der Waals surface area contributed by atoms with Gasteiger partial charge in [-0.3, -0.25) is 9.69 Å². The molecule has 0 bridgehead atoms. The minimum Gasteiger partial charge on any atom is -0.373 e. The number of nitrogens with one attached hydrogen (secondary N) is 1. The highest BCUT2D eigenvalue weighted by Crippen LogP contribution is 2.43. The third kappa shape index (κ3) is 3.70. The van der Waals surface area contributed by atoms with Crippen LogP contribution in [0.5, 0.6) is 0 Å². The van der Waals surface area contributed by atoms with Crippen molar-refractivity contribution in [2.75, 3.05) is 18.4 Å². The van der Waals surface area contributed by atoms with Crippen molar-refractivity contribution >= 4 is 22.8 Å². The molecule has 3 aromatic heterocycles. The minimum absolute atomic E-state index is 0.0225. The summed E-state index contributed by atoms with van der Waals surface area (Å²) < 4.78 is 7.99. The molecule has 0 aliphatic carbocycles. The molecule has 10 heteroatoms. The predicted octanol–water partition coefficient (Wildman–Crippen LogP) is 3.56. The molecule has 4 aromatic rings. The van der Waals surface area contributed by atoms with Gasteiger partial charge in [-0.25, -0.2) is 24.9 Å². The van der Waals surface area contributed by atoms with E-state index in [-0.39, 0.29) is 18.1 Å². The summed E-state index contributed by atoms with van der Waals surface area (Å²) in [6.45, 7) is 12.1. The molecule has 1 amide bonds. The first-order chi connectivity index (χ1) is 17.8. The highest BCUT2D eigenvalue weighted by molar-refractivity contribution is 6.06. The van der Waals surface area contributed by atoms with Gasteiger partial charge in [0.2, 0.25) is 5.91 Å². The van der Waals surface area contributed by atoms with Gasteiger partial charge in [-0.05, 0) is 46.8 Å². The molecule has 2 aliphatic heterocycles. The van der Waals surface area contributed by atoms with Crippen LogP contribution in [-0.4, -0.2) is 65.6 Å². The van der Waals surface area contributed by atoms with E-state index in [1.165, 1.54) is 0 Å². The zero-order valence-electron chi connectivity index (χ0n) is 21.7. The van der Waals surface area contributed by atoms with Crippen molar-refractivity contribution in [2.45, 2.75) is 58.9 Å². The Labute approximate surface area is 215 Å². The number of aromatic nitrogens is 6. The van der Waals surface area contributed by atoms with Crippen LogP contribution >= 0.6 is 0 Å². The van der Waals surface area contributed by atoms with Crippen molar-refractivity contribution in [3.8, 4) is 22.6 Å². The Bertz CT molecular complexity index is 1510. The van der Waals surface area contributed by atoms with Crippen LogP contribution in [0.15, 0.2) is 36.9 Å². The van der Waals surface area contributed by atoms with Crippen molar-refractivity contribution in [3.05, 3.63) is 48.3 Å². The molecule has 1 aromatic carbocycles. The number of ether oxygens (including phenoxy) is 1. The Hall–Kier alpha value is -3.76. The summed E-state index contributed by atoms with van der Waals surface area (Å²) in [6.07, 6.45) is 5.23. The fourth-order valence-corrected chi connectivity index (χ4v) is 5.60. The smallest absolute Gasteiger partial charge is 0.249 e. The van der Waals surface area contributed by atoms with E-state index in [2.05, 4.69) is 57.0 Å². The Morgan fingerprint density at radius 2 is 1.81 bits per heavy atom. The molecule has 1 N–H and O–H groups in total. The number of hydrogen-bond acceptors (Lipinski definition) is 8. The number of anilines is 1. The quantitative estimate of drug-likeness (QED) is 0.455. The summed E-state index contributed by atoms with van der Waals surface area (Å²) in [5, 5.41) is 3.09. The summed E-state index contributed by atoms with van der Waals surface area (Å²) >= 11 is 0. The third-order valence-electron chi connectivity index (χ3n) is 7.45. The van der Waals surface area contributed by atoms with Gasteiger partial charge in [0.15, 0.2) is 5.65 Å². The van der Waals surface area contributed by atoms with Crippen LogP contribution in [0.3, 0.4) is 0 Å². The second-order valence-electron chi connectivity index (χ2n) is 10.0. The number of amides is 1. The lowest BCUT2D eigenvalue weighted by molar-refractivity contribution is -0.138. The van der Waals surface area contributed by atoms with Gasteiger partial charge in [0.05, 0.1) is 17.8 Å². The summed E-state index contributed by atoms with van der Waals surface area (Å²) in [5.74, 6) is 1.43. The number of benzene rings is 1. The van der Waals surface area contributed by atoms with Crippen molar-refractivity contribution < 1.29 is 9.53 Å². The van der Waals surface area contributed by atoms with Crippen LogP contribution in [0, 0.1) is 6.92 Å². The minimum atomic E-state index is -0.809. The lowest BCUT2D eigenvalue weighted by Gasteiger charge is -2.43. The fourth-order valence-electron chi connectivity index (χ4n) is 5.60. The Kier molecular flexibility index (Phi) is 5.54. The van der Waals surface area contributed by atoms with Crippen molar-refractivity contribution in [2.24, 2.45) is 0 Å². The fraction of sp³-hybridized carbons (Fsp3) is 0.407. The molecule has 3 atom stereocenters. The molecule has 3 unspecified atom stereocenters. The number of nitrogens with zero attached hydrogens (tertiary/aromatic N) is 7. The topological polar surface area (TPSA) is 111 Å². The van der Waals surface area contributed by atoms with Gasteiger partial charge in [0, 0.05) is 48.8 Å².